The topological polar surface area (TPSA) is 69.2 Å². The summed E-state index contributed by atoms with van der Waals surface area (Å²) >= 11 is 0. The number of nitrogens with zero attached hydrogens (tertiary/aromatic N) is 4. The number of hydrazone groups is 1. The lowest BCUT2D eigenvalue weighted by atomic mass is 9.81. The van der Waals surface area contributed by atoms with Gasteiger partial charge < -0.3 is 0 Å². The van der Waals surface area contributed by atoms with Gasteiger partial charge in [0.15, 0.2) is 5.84 Å². The quantitative estimate of drug-likeness (QED) is 0.735. The number of aliphatic imine (C=N–C) groups is 1. The van der Waals surface area contributed by atoms with Gasteiger partial charge in [0.2, 0.25) is 5.91 Å². The van der Waals surface area contributed by atoms with Gasteiger partial charge in [-0.15, -0.1) is 0 Å². The van der Waals surface area contributed by atoms with E-state index in [0.717, 1.165) is 18.8 Å². The summed E-state index contributed by atoms with van der Waals surface area (Å²) in [5, 5.41) is 4.29. The number of nitrogens with one attached hydrogen (secondary N) is 1. The van der Waals surface area contributed by atoms with Crippen molar-refractivity contribution >= 4 is 12.1 Å². The molecule has 6 heteroatoms. The SMILES string of the molecule is CC1CCC(C)(C)CN1C1(N)NN=C2C=NC=CN21. The highest BCUT2D eigenvalue weighted by molar-refractivity contribution is 6.30. The molecule has 0 aliphatic carbocycles. The summed E-state index contributed by atoms with van der Waals surface area (Å²) < 4.78 is 0. The standard InChI is InChI=1S/C13H22N6/c1-10-4-5-12(2,3)9-19(10)13(14)17-16-11-8-15-6-7-18(11)13/h6-8,10,17H,4-5,9,14H2,1-3H3. The fraction of sp³-hybridized carbons (Fsp3) is 0.692. The molecule has 0 radical (unpaired) electrons. The Kier molecular flexibility index (Phi) is 2.69. The molecule has 3 N–H and O–H groups in total. The minimum absolute atomic E-state index is 0.275. The van der Waals surface area contributed by atoms with Crippen LogP contribution in [0.3, 0.4) is 0 Å². The van der Waals surface area contributed by atoms with Crippen molar-refractivity contribution in [3.05, 3.63) is 12.4 Å². The third kappa shape index (κ3) is 1.95. The molecule has 2 unspecified atom stereocenters. The van der Waals surface area contributed by atoms with Gasteiger partial charge in [-0.05, 0) is 25.2 Å². The van der Waals surface area contributed by atoms with Crippen LogP contribution < -0.4 is 11.2 Å². The molecule has 0 spiro atoms. The minimum atomic E-state index is -0.782. The molecule has 0 saturated carbocycles. The molecule has 104 valence electrons. The summed E-state index contributed by atoms with van der Waals surface area (Å²) in [5.74, 6) is -0.0179. The van der Waals surface area contributed by atoms with Gasteiger partial charge in [-0.3, -0.25) is 21.1 Å². The van der Waals surface area contributed by atoms with Crippen molar-refractivity contribution in [2.24, 2.45) is 21.2 Å². The summed E-state index contributed by atoms with van der Waals surface area (Å²) in [7, 11) is 0. The van der Waals surface area contributed by atoms with Crippen LogP contribution >= 0.6 is 0 Å². The van der Waals surface area contributed by atoms with Crippen LogP contribution in [0.25, 0.3) is 0 Å². The maximum Gasteiger partial charge on any atom is 0.247 e. The van der Waals surface area contributed by atoms with Crippen molar-refractivity contribution in [2.75, 3.05) is 6.54 Å². The van der Waals surface area contributed by atoms with E-state index in [1.54, 1.807) is 12.4 Å². The highest BCUT2D eigenvalue weighted by atomic mass is 15.7. The number of hydrogen-bond donors (Lipinski definition) is 2. The highest BCUT2D eigenvalue weighted by Gasteiger charge is 2.49. The van der Waals surface area contributed by atoms with E-state index >= 15 is 0 Å². The Balaban J connectivity index is 1.89. The van der Waals surface area contributed by atoms with Crippen LogP contribution in [0.2, 0.25) is 0 Å². The van der Waals surface area contributed by atoms with Crippen molar-refractivity contribution in [1.82, 2.24) is 15.2 Å². The van der Waals surface area contributed by atoms with Gasteiger partial charge in [0.25, 0.3) is 0 Å². The summed E-state index contributed by atoms with van der Waals surface area (Å²) in [6.45, 7) is 7.76. The summed E-state index contributed by atoms with van der Waals surface area (Å²) in [6.07, 6.45) is 7.72. The zero-order chi connectivity index (χ0) is 13.7. The summed E-state index contributed by atoms with van der Waals surface area (Å²) in [4.78, 5) is 8.34. The first-order valence-corrected chi connectivity index (χ1v) is 6.82. The van der Waals surface area contributed by atoms with Gasteiger partial charge in [-0.1, -0.05) is 13.8 Å². The van der Waals surface area contributed by atoms with Gasteiger partial charge in [-0.25, -0.2) is 4.90 Å². The lowest BCUT2D eigenvalue weighted by molar-refractivity contribution is -0.0802. The lowest BCUT2D eigenvalue weighted by Gasteiger charge is -2.51. The van der Waals surface area contributed by atoms with Crippen molar-refractivity contribution in [1.29, 1.82) is 0 Å². The van der Waals surface area contributed by atoms with Crippen molar-refractivity contribution in [3.8, 4) is 0 Å². The first kappa shape index (κ1) is 12.6. The number of piperidine rings is 1. The molecule has 19 heavy (non-hydrogen) atoms. The zero-order valence-corrected chi connectivity index (χ0v) is 11.8. The average Bonchev–Trinajstić information content (AvgIpc) is 2.72. The second-order valence-electron chi connectivity index (χ2n) is 6.43. The molecule has 3 heterocycles. The Morgan fingerprint density at radius 1 is 1.47 bits per heavy atom. The third-order valence-corrected chi connectivity index (χ3v) is 4.25. The van der Waals surface area contributed by atoms with Gasteiger partial charge in [-0.2, -0.15) is 5.10 Å². The van der Waals surface area contributed by atoms with E-state index in [1.165, 1.54) is 6.42 Å². The van der Waals surface area contributed by atoms with Crippen LogP contribution in [0, 0.1) is 5.41 Å². The molecule has 0 aromatic rings. The first-order valence-electron chi connectivity index (χ1n) is 6.82. The molecule has 0 aromatic carbocycles. The largest absolute Gasteiger partial charge is 0.278 e. The van der Waals surface area contributed by atoms with Crippen molar-refractivity contribution in [3.63, 3.8) is 0 Å². The molecule has 2 atom stereocenters. The van der Waals surface area contributed by atoms with E-state index in [1.807, 2.05) is 11.1 Å². The van der Waals surface area contributed by atoms with Crippen LogP contribution in [0.4, 0.5) is 0 Å². The van der Waals surface area contributed by atoms with E-state index in [-0.39, 0.29) is 5.41 Å². The average molecular weight is 262 g/mol. The van der Waals surface area contributed by atoms with Gasteiger partial charge >= 0.3 is 0 Å². The molecular formula is C13H22N6. The van der Waals surface area contributed by atoms with E-state index < -0.39 is 5.91 Å². The Morgan fingerprint density at radius 3 is 3.05 bits per heavy atom. The lowest BCUT2D eigenvalue weighted by Crippen LogP contribution is -2.74. The number of amidine groups is 1. The Bertz CT molecular complexity index is 466. The summed E-state index contributed by atoms with van der Waals surface area (Å²) in [6, 6.07) is 0.423. The maximum absolute atomic E-state index is 6.61. The van der Waals surface area contributed by atoms with Gasteiger partial charge in [0, 0.05) is 25.0 Å². The van der Waals surface area contributed by atoms with Crippen LogP contribution in [0.15, 0.2) is 22.5 Å². The predicted molar refractivity (Wildman–Crippen MR) is 76.1 cm³/mol. The number of rotatable bonds is 1. The zero-order valence-electron chi connectivity index (χ0n) is 11.8. The van der Waals surface area contributed by atoms with E-state index in [2.05, 4.69) is 41.2 Å². The van der Waals surface area contributed by atoms with Crippen molar-refractivity contribution in [2.45, 2.75) is 45.6 Å². The molecule has 0 amide bonds. The Hall–Kier alpha value is -1.40. The fourth-order valence-corrected chi connectivity index (χ4v) is 3.03. The third-order valence-electron chi connectivity index (χ3n) is 4.25. The maximum atomic E-state index is 6.61. The first-order chi connectivity index (χ1) is 8.92. The highest BCUT2D eigenvalue weighted by Crippen LogP contribution is 2.36. The summed E-state index contributed by atoms with van der Waals surface area (Å²) in [5.41, 5.74) is 9.98. The molecule has 6 nitrogen and oxygen atoms in total. The second-order valence-corrected chi connectivity index (χ2v) is 6.43. The monoisotopic (exact) mass is 262 g/mol. The normalized spacial score (nSPS) is 36.9. The van der Waals surface area contributed by atoms with Gasteiger partial charge in [0.1, 0.15) is 0 Å². The van der Waals surface area contributed by atoms with E-state index in [0.29, 0.717) is 6.04 Å². The second kappa shape index (κ2) is 4.05. The van der Waals surface area contributed by atoms with Gasteiger partial charge in [0.05, 0.1) is 6.21 Å². The molecule has 0 aromatic heterocycles. The smallest absolute Gasteiger partial charge is 0.247 e. The molecule has 1 fully saturated rings. The Morgan fingerprint density at radius 2 is 2.26 bits per heavy atom. The number of hydrogen-bond acceptors (Lipinski definition) is 6. The van der Waals surface area contributed by atoms with Crippen LogP contribution in [0.5, 0.6) is 0 Å². The number of nitrogens with two attached hydrogens (primary N) is 1. The fourth-order valence-electron chi connectivity index (χ4n) is 3.03. The molecule has 3 aliphatic heterocycles. The number of likely N-dealkylation sites (tertiary alicyclic amines) is 1. The van der Waals surface area contributed by atoms with E-state index in [4.69, 9.17) is 5.73 Å². The van der Waals surface area contributed by atoms with Crippen molar-refractivity contribution < 1.29 is 0 Å². The Labute approximate surface area is 114 Å². The van der Waals surface area contributed by atoms with E-state index in [9.17, 15) is 0 Å². The van der Waals surface area contributed by atoms with Crippen LogP contribution in [-0.2, 0) is 0 Å². The minimum Gasteiger partial charge on any atom is -0.278 e. The number of fused-ring (bicyclic) bond motifs is 1. The molecule has 3 aliphatic rings. The molecule has 0 bridgehead atoms. The van der Waals surface area contributed by atoms with Crippen LogP contribution in [0.1, 0.15) is 33.6 Å². The van der Waals surface area contributed by atoms with Crippen LogP contribution in [-0.4, -0.2) is 40.3 Å². The molecular weight excluding hydrogens is 240 g/mol. The molecule has 1 saturated heterocycles. The predicted octanol–water partition coefficient (Wildman–Crippen LogP) is 0.841. The molecule has 3 rings (SSSR count).